The quantitative estimate of drug-likeness (QED) is 0.905. The van der Waals surface area contributed by atoms with Gasteiger partial charge in [-0.2, -0.15) is 0 Å². The first-order valence-corrected chi connectivity index (χ1v) is 8.12. The number of piperidine rings is 1. The third kappa shape index (κ3) is 4.60. The number of likely N-dealkylation sites (tertiary alicyclic amines) is 1. The van der Waals surface area contributed by atoms with Crippen molar-refractivity contribution in [2.45, 2.75) is 33.1 Å². The van der Waals surface area contributed by atoms with Crippen LogP contribution in [0.25, 0.3) is 0 Å². The van der Waals surface area contributed by atoms with Crippen molar-refractivity contribution in [3.8, 4) is 0 Å². The Morgan fingerprint density at radius 1 is 1.50 bits per heavy atom. The summed E-state index contributed by atoms with van der Waals surface area (Å²) in [6.07, 6.45) is 3.15. The smallest absolute Gasteiger partial charge is 0.225 e. The molecule has 20 heavy (non-hydrogen) atoms. The Kier molecular flexibility index (Phi) is 5.61. The average Bonchev–Trinajstić information content (AvgIpc) is 2.40. The van der Waals surface area contributed by atoms with Gasteiger partial charge in [-0.3, -0.25) is 4.79 Å². The fraction of sp³-hybridized carbons (Fsp3) is 0.562. The molecule has 3 nitrogen and oxygen atoms in total. The lowest BCUT2D eigenvalue weighted by molar-refractivity contribution is -0.116. The van der Waals surface area contributed by atoms with Crippen molar-refractivity contribution in [1.29, 1.82) is 0 Å². The largest absolute Gasteiger partial charge is 0.326 e. The maximum atomic E-state index is 12.0. The molecule has 0 saturated carbocycles. The second kappa shape index (κ2) is 7.23. The highest BCUT2D eigenvalue weighted by molar-refractivity contribution is 9.10. The van der Waals surface area contributed by atoms with Crippen LogP contribution in [0.3, 0.4) is 0 Å². The molecule has 1 atom stereocenters. The van der Waals surface area contributed by atoms with Gasteiger partial charge >= 0.3 is 0 Å². The molecule has 0 bridgehead atoms. The first-order chi connectivity index (χ1) is 9.54. The number of carbonyl (C=O) groups is 1. The average molecular weight is 339 g/mol. The van der Waals surface area contributed by atoms with Gasteiger partial charge in [-0.15, -0.1) is 0 Å². The molecule has 1 aliphatic heterocycles. The molecule has 1 N–H and O–H groups in total. The Morgan fingerprint density at radius 2 is 2.30 bits per heavy atom. The van der Waals surface area contributed by atoms with Gasteiger partial charge in [0.2, 0.25) is 5.91 Å². The topological polar surface area (TPSA) is 32.3 Å². The molecule has 0 aliphatic carbocycles. The highest BCUT2D eigenvalue weighted by atomic mass is 79.9. The summed E-state index contributed by atoms with van der Waals surface area (Å²) in [7, 11) is 0. The van der Waals surface area contributed by atoms with Gasteiger partial charge < -0.3 is 10.2 Å². The van der Waals surface area contributed by atoms with Crippen molar-refractivity contribution in [3.63, 3.8) is 0 Å². The standard InChI is InChI=1S/C16H23BrN2O/c1-12-4-3-8-19(11-12)9-7-16(20)18-15-6-5-14(17)10-13(15)2/h5-6,10,12H,3-4,7-9,11H2,1-2H3,(H,18,20). The van der Waals surface area contributed by atoms with Gasteiger partial charge in [-0.05, 0) is 56.0 Å². The highest BCUT2D eigenvalue weighted by Gasteiger charge is 2.16. The van der Waals surface area contributed by atoms with Crippen LogP contribution in [-0.2, 0) is 4.79 Å². The van der Waals surface area contributed by atoms with E-state index < -0.39 is 0 Å². The van der Waals surface area contributed by atoms with Crippen molar-refractivity contribution >= 4 is 27.5 Å². The van der Waals surface area contributed by atoms with Crippen molar-refractivity contribution < 1.29 is 4.79 Å². The lowest BCUT2D eigenvalue weighted by atomic mass is 10.0. The van der Waals surface area contributed by atoms with E-state index in [-0.39, 0.29) is 5.91 Å². The normalized spacial score (nSPS) is 19.9. The van der Waals surface area contributed by atoms with E-state index in [0.29, 0.717) is 6.42 Å². The summed E-state index contributed by atoms with van der Waals surface area (Å²) in [5.74, 6) is 0.870. The number of anilines is 1. The van der Waals surface area contributed by atoms with E-state index in [9.17, 15) is 4.79 Å². The van der Waals surface area contributed by atoms with Crippen LogP contribution in [0, 0.1) is 12.8 Å². The van der Waals surface area contributed by atoms with Gasteiger partial charge in [0, 0.05) is 29.7 Å². The minimum absolute atomic E-state index is 0.105. The van der Waals surface area contributed by atoms with E-state index in [4.69, 9.17) is 0 Å². The third-order valence-corrected chi connectivity index (χ3v) is 4.35. The molecule has 1 unspecified atom stereocenters. The van der Waals surface area contributed by atoms with Gasteiger partial charge in [-0.1, -0.05) is 22.9 Å². The number of hydrogen-bond acceptors (Lipinski definition) is 2. The van der Waals surface area contributed by atoms with Gasteiger partial charge in [0.05, 0.1) is 0 Å². The number of nitrogens with zero attached hydrogens (tertiary/aromatic N) is 1. The molecule has 1 aromatic carbocycles. The van der Waals surface area contributed by atoms with Crippen molar-refractivity contribution in [1.82, 2.24) is 4.90 Å². The fourth-order valence-corrected chi connectivity index (χ4v) is 3.21. The summed E-state index contributed by atoms with van der Waals surface area (Å²) < 4.78 is 1.04. The molecule has 4 heteroatoms. The van der Waals surface area contributed by atoms with Gasteiger partial charge in [-0.25, -0.2) is 0 Å². The molecule has 0 aromatic heterocycles. The van der Waals surface area contributed by atoms with Crippen LogP contribution in [0.5, 0.6) is 0 Å². The molecule has 1 aromatic rings. The predicted molar refractivity (Wildman–Crippen MR) is 87.0 cm³/mol. The third-order valence-electron chi connectivity index (χ3n) is 3.86. The molecular weight excluding hydrogens is 316 g/mol. The zero-order valence-electron chi connectivity index (χ0n) is 12.3. The molecule has 1 saturated heterocycles. The molecule has 110 valence electrons. The molecule has 1 fully saturated rings. The van der Waals surface area contributed by atoms with E-state index in [0.717, 1.165) is 41.3 Å². The van der Waals surface area contributed by atoms with E-state index >= 15 is 0 Å². The molecule has 0 radical (unpaired) electrons. The van der Waals surface area contributed by atoms with Gasteiger partial charge in [0.15, 0.2) is 0 Å². The summed E-state index contributed by atoms with van der Waals surface area (Å²) in [6.45, 7) is 7.43. The first kappa shape index (κ1) is 15.5. The second-order valence-electron chi connectivity index (χ2n) is 5.81. The van der Waals surface area contributed by atoms with Gasteiger partial charge in [0.25, 0.3) is 0 Å². The van der Waals surface area contributed by atoms with Crippen molar-refractivity contribution in [2.24, 2.45) is 5.92 Å². The number of benzene rings is 1. The number of amides is 1. The Bertz CT molecular complexity index is 476. The fourth-order valence-electron chi connectivity index (χ4n) is 2.73. The lowest BCUT2D eigenvalue weighted by Gasteiger charge is -2.30. The Labute approximate surface area is 129 Å². The van der Waals surface area contributed by atoms with E-state index in [1.165, 1.54) is 12.8 Å². The number of carbonyl (C=O) groups excluding carboxylic acids is 1. The van der Waals surface area contributed by atoms with Crippen molar-refractivity contribution in [2.75, 3.05) is 25.0 Å². The van der Waals surface area contributed by atoms with E-state index in [1.807, 2.05) is 25.1 Å². The summed E-state index contributed by atoms with van der Waals surface area (Å²) in [6, 6.07) is 5.91. The van der Waals surface area contributed by atoms with Crippen LogP contribution in [0.15, 0.2) is 22.7 Å². The molecule has 2 rings (SSSR count). The van der Waals surface area contributed by atoms with Crippen LogP contribution < -0.4 is 5.32 Å². The molecule has 1 amide bonds. The summed E-state index contributed by atoms with van der Waals surface area (Å²) >= 11 is 3.43. The van der Waals surface area contributed by atoms with E-state index in [2.05, 4.69) is 33.1 Å². The number of aryl methyl sites for hydroxylation is 1. The molecular formula is C16H23BrN2O. The SMILES string of the molecule is Cc1cc(Br)ccc1NC(=O)CCN1CCCC(C)C1. The number of nitrogens with one attached hydrogen (secondary N) is 1. The molecule has 0 spiro atoms. The monoisotopic (exact) mass is 338 g/mol. The van der Waals surface area contributed by atoms with E-state index in [1.54, 1.807) is 0 Å². The van der Waals surface area contributed by atoms with Crippen LogP contribution in [0.1, 0.15) is 31.7 Å². The van der Waals surface area contributed by atoms with Crippen LogP contribution in [0.4, 0.5) is 5.69 Å². The van der Waals surface area contributed by atoms with Crippen LogP contribution >= 0.6 is 15.9 Å². The molecule has 1 aliphatic rings. The zero-order chi connectivity index (χ0) is 14.5. The summed E-state index contributed by atoms with van der Waals surface area (Å²) in [5, 5.41) is 3.00. The van der Waals surface area contributed by atoms with Crippen LogP contribution in [-0.4, -0.2) is 30.4 Å². The number of hydrogen-bond donors (Lipinski definition) is 1. The first-order valence-electron chi connectivity index (χ1n) is 7.33. The zero-order valence-corrected chi connectivity index (χ0v) is 13.9. The number of halogens is 1. The maximum absolute atomic E-state index is 12.0. The number of rotatable bonds is 4. The summed E-state index contributed by atoms with van der Waals surface area (Å²) in [5.41, 5.74) is 1.99. The van der Waals surface area contributed by atoms with Crippen molar-refractivity contribution in [3.05, 3.63) is 28.2 Å². The Morgan fingerprint density at radius 3 is 3.00 bits per heavy atom. The second-order valence-corrected chi connectivity index (χ2v) is 6.72. The minimum atomic E-state index is 0.105. The predicted octanol–water partition coefficient (Wildman–Crippen LogP) is 3.82. The highest BCUT2D eigenvalue weighted by Crippen LogP contribution is 2.20. The minimum Gasteiger partial charge on any atom is -0.326 e. The van der Waals surface area contributed by atoms with Crippen LogP contribution in [0.2, 0.25) is 0 Å². The maximum Gasteiger partial charge on any atom is 0.225 e. The Balaban J connectivity index is 1.80. The Hall–Kier alpha value is -0.870. The van der Waals surface area contributed by atoms with Gasteiger partial charge in [0.1, 0.15) is 0 Å². The molecule has 1 heterocycles. The summed E-state index contributed by atoms with van der Waals surface area (Å²) in [4.78, 5) is 14.4. The lowest BCUT2D eigenvalue weighted by Crippen LogP contribution is -2.36.